The van der Waals surface area contributed by atoms with Crippen molar-refractivity contribution >= 4 is 23.4 Å². The number of methoxy groups -OCH3 is 1. The Hall–Kier alpha value is -3.22. The third-order valence-corrected chi connectivity index (χ3v) is 4.64. The number of nitrogens with one attached hydrogen (secondary N) is 1. The SMILES string of the molecule is CCOC(=O)Nc1cccc(C(=O)N2CCN(c3ccc(OC)cc3)CC2)c1. The molecule has 0 aliphatic carbocycles. The summed E-state index contributed by atoms with van der Waals surface area (Å²) >= 11 is 0. The Bertz CT molecular complexity index is 815. The van der Waals surface area contributed by atoms with E-state index in [9.17, 15) is 9.59 Å². The van der Waals surface area contributed by atoms with Crippen molar-refractivity contribution in [3.05, 3.63) is 54.1 Å². The molecule has 0 unspecified atom stereocenters. The Morgan fingerprint density at radius 2 is 1.75 bits per heavy atom. The second-order valence-electron chi connectivity index (χ2n) is 6.40. The van der Waals surface area contributed by atoms with Gasteiger partial charge < -0.3 is 19.3 Å². The molecule has 3 rings (SSSR count). The van der Waals surface area contributed by atoms with E-state index in [2.05, 4.69) is 10.2 Å². The summed E-state index contributed by atoms with van der Waals surface area (Å²) in [5, 5.41) is 2.63. The largest absolute Gasteiger partial charge is 0.497 e. The van der Waals surface area contributed by atoms with E-state index in [4.69, 9.17) is 9.47 Å². The second kappa shape index (κ2) is 9.12. The second-order valence-corrected chi connectivity index (χ2v) is 6.40. The van der Waals surface area contributed by atoms with Gasteiger partial charge in [0, 0.05) is 43.1 Å². The molecule has 1 aliphatic rings. The number of amides is 2. The number of nitrogens with zero attached hydrogens (tertiary/aromatic N) is 2. The van der Waals surface area contributed by atoms with Crippen LogP contribution in [0.4, 0.5) is 16.2 Å². The van der Waals surface area contributed by atoms with Crippen LogP contribution in [0.15, 0.2) is 48.5 Å². The van der Waals surface area contributed by atoms with Gasteiger partial charge in [-0.2, -0.15) is 0 Å². The number of anilines is 2. The number of hydrogen-bond donors (Lipinski definition) is 1. The summed E-state index contributed by atoms with van der Waals surface area (Å²) in [5.41, 5.74) is 2.21. The predicted molar refractivity (Wildman–Crippen MR) is 108 cm³/mol. The molecule has 1 aliphatic heterocycles. The standard InChI is InChI=1S/C21H25N3O4/c1-3-28-21(26)22-17-6-4-5-16(15-17)20(25)24-13-11-23(12-14-24)18-7-9-19(27-2)10-8-18/h4-10,15H,3,11-14H2,1-2H3,(H,22,26). The van der Waals surface area contributed by atoms with E-state index < -0.39 is 6.09 Å². The number of rotatable bonds is 5. The molecule has 2 aromatic carbocycles. The number of hydrogen-bond acceptors (Lipinski definition) is 5. The molecule has 0 saturated carbocycles. The zero-order valence-electron chi connectivity index (χ0n) is 16.2. The molecule has 28 heavy (non-hydrogen) atoms. The highest BCUT2D eigenvalue weighted by atomic mass is 16.5. The van der Waals surface area contributed by atoms with Crippen molar-refractivity contribution in [2.45, 2.75) is 6.92 Å². The molecule has 7 nitrogen and oxygen atoms in total. The van der Waals surface area contributed by atoms with Crippen molar-refractivity contribution in [1.82, 2.24) is 4.90 Å². The first-order chi connectivity index (χ1) is 13.6. The number of ether oxygens (including phenoxy) is 2. The lowest BCUT2D eigenvalue weighted by molar-refractivity contribution is 0.0746. The Balaban J connectivity index is 1.59. The molecule has 0 aromatic heterocycles. The first-order valence-corrected chi connectivity index (χ1v) is 9.33. The van der Waals surface area contributed by atoms with Crippen molar-refractivity contribution in [2.75, 3.05) is 50.1 Å². The van der Waals surface area contributed by atoms with E-state index in [1.165, 1.54) is 0 Å². The summed E-state index contributed by atoms with van der Waals surface area (Å²) in [6.45, 7) is 4.84. The van der Waals surface area contributed by atoms with Gasteiger partial charge in [-0.15, -0.1) is 0 Å². The van der Waals surface area contributed by atoms with E-state index in [1.807, 2.05) is 29.2 Å². The van der Waals surface area contributed by atoms with Crippen LogP contribution in [-0.2, 0) is 4.74 Å². The van der Waals surface area contributed by atoms with Gasteiger partial charge in [0.2, 0.25) is 0 Å². The van der Waals surface area contributed by atoms with Gasteiger partial charge in [-0.3, -0.25) is 10.1 Å². The summed E-state index contributed by atoms with van der Waals surface area (Å²) in [7, 11) is 1.65. The molecule has 0 atom stereocenters. The van der Waals surface area contributed by atoms with E-state index in [1.54, 1.807) is 38.3 Å². The monoisotopic (exact) mass is 383 g/mol. The molecular formula is C21H25N3O4. The molecule has 1 heterocycles. The van der Waals surface area contributed by atoms with Crippen LogP contribution in [0.5, 0.6) is 5.75 Å². The van der Waals surface area contributed by atoms with E-state index >= 15 is 0 Å². The lowest BCUT2D eigenvalue weighted by Crippen LogP contribution is -2.48. The topological polar surface area (TPSA) is 71.1 Å². The van der Waals surface area contributed by atoms with Gasteiger partial charge in [-0.1, -0.05) is 6.07 Å². The maximum Gasteiger partial charge on any atom is 0.411 e. The van der Waals surface area contributed by atoms with Crippen LogP contribution in [0.3, 0.4) is 0 Å². The van der Waals surface area contributed by atoms with Gasteiger partial charge in [-0.25, -0.2) is 4.79 Å². The molecule has 0 bridgehead atoms. The molecule has 1 fully saturated rings. The Morgan fingerprint density at radius 3 is 2.39 bits per heavy atom. The molecule has 0 spiro atoms. The van der Waals surface area contributed by atoms with E-state index in [0.29, 0.717) is 30.9 Å². The first-order valence-electron chi connectivity index (χ1n) is 9.33. The minimum atomic E-state index is -0.528. The number of piperazine rings is 1. The summed E-state index contributed by atoms with van der Waals surface area (Å²) in [5.74, 6) is 0.788. The Morgan fingerprint density at radius 1 is 1.04 bits per heavy atom. The van der Waals surface area contributed by atoms with Gasteiger partial charge in [0.1, 0.15) is 5.75 Å². The normalized spacial score (nSPS) is 13.8. The van der Waals surface area contributed by atoms with E-state index in [-0.39, 0.29) is 5.91 Å². The third kappa shape index (κ3) is 4.73. The predicted octanol–water partition coefficient (Wildman–Crippen LogP) is 3.23. The molecule has 7 heteroatoms. The lowest BCUT2D eigenvalue weighted by Gasteiger charge is -2.36. The highest BCUT2D eigenvalue weighted by molar-refractivity contribution is 5.96. The van der Waals surface area contributed by atoms with Crippen LogP contribution in [0.1, 0.15) is 17.3 Å². The Kier molecular flexibility index (Phi) is 6.37. The van der Waals surface area contributed by atoms with Crippen molar-refractivity contribution in [3.63, 3.8) is 0 Å². The molecule has 2 amide bonds. The van der Waals surface area contributed by atoms with Gasteiger partial charge in [0.15, 0.2) is 0 Å². The quantitative estimate of drug-likeness (QED) is 0.858. The minimum absolute atomic E-state index is 0.0399. The molecule has 1 N–H and O–H groups in total. The zero-order chi connectivity index (χ0) is 19.9. The maximum absolute atomic E-state index is 12.8. The fourth-order valence-electron chi connectivity index (χ4n) is 3.16. The smallest absolute Gasteiger partial charge is 0.411 e. The van der Waals surface area contributed by atoms with Gasteiger partial charge >= 0.3 is 6.09 Å². The van der Waals surface area contributed by atoms with Gasteiger partial charge in [0.25, 0.3) is 5.91 Å². The molecule has 1 saturated heterocycles. The minimum Gasteiger partial charge on any atom is -0.497 e. The number of carbonyl (C=O) groups is 2. The van der Waals surface area contributed by atoms with Crippen LogP contribution in [-0.4, -0.2) is 56.8 Å². The molecule has 2 aromatic rings. The molecular weight excluding hydrogens is 358 g/mol. The summed E-state index contributed by atoms with van der Waals surface area (Å²) < 4.78 is 10.1. The average molecular weight is 383 g/mol. The van der Waals surface area contributed by atoms with Gasteiger partial charge in [-0.05, 0) is 49.4 Å². The Labute approximate surface area is 164 Å². The van der Waals surface area contributed by atoms with Crippen molar-refractivity contribution in [2.24, 2.45) is 0 Å². The maximum atomic E-state index is 12.8. The van der Waals surface area contributed by atoms with Crippen LogP contribution in [0, 0.1) is 0 Å². The van der Waals surface area contributed by atoms with Crippen LogP contribution in [0.2, 0.25) is 0 Å². The highest BCUT2D eigenvalue weighted by Gasteiger charge is 2.22. The zero-order valence-corrected chi connectivity index (χ0v) is 16.2. The van der Waals surface area contributed by atoms with Crippen molar-refractivity contribution < 1.29 is 19.1 Å². The number of benzene rings is 2. The fraction of sp³-hybridized carbons (Fsp3) is 0.333. The summed E-state index contributed by atoms with van der Waals surface area (Å²) in [6.07, 6.45) is -0.528. The first kappa shape index (κ1) is 19.5. The molecule has 0 radical (unpaired) electrons. The fourth-order valence-corrected chi connectivity index (χ4v) is 3.16. The summed E-state index contributed by atoms with van der Waals surface area (Å²) in [4.78, 5) is 28.5. The van der Waals surface area contributed by atoms with Crippen molar-refractivity contribution in [3.8, 4) is 5.75 Å². The van der Waals surface area contributed by atoms with Crippen LogP contribution >= 0.6 is 0 Å². The van der Waals surface area contributed by atoms with Crippen LogP contribution in [0.25, 0.3) is 0 Å². The van der Waals surface area contributed by atoms with Crippen LogP contribution < -0.4 is 15.0 Å². The lowest BCUT2D eigenvalue weighted by atomic mass is 10.1. The van der Waals surface area contributed by atoms with E-state index in [0.717, 1.165) is 24.5 Å². The number of carbonyl (C=O) groups excluding carboxylic acids is 2. The third-order valence-electron chi connectivity index (χ3n) is 4.64. The average Bonchev–Trinajstić information content (AvgIpc) is 2.74. The molecule has 148 valence electrons. The van der Waals surface area contributed by atoms with Gasteiger partial charge in [0.05, 0.1) is 13.7 Å². The highest BCUT2D eigenvalue weighted by Crippen LogP contribution is 2.21. The van der Waals surface area contributed by atoms with Crippen molar-refractivity contribution in [1.29, 1.82) is 0 Å². The summed E-state index contributed by atoms with van der Waals surface area (Å²) in [6, 6.07) is 14.9.